The van der Waals surface area contributed by atoms with Crippen LogP contribution in [-0.2, 0) is 20.5 Å². The Morgan fingerprint density at radius 2 is 1.81 bits per heavy atom. The predicted molar refractivity (Wildman–Crippen MR) is 85.2 cm³/mol. The maximum Gasteiger partial charge on any atom is 0.353 e. The highest BCUT2D eigenvalue weighted by Crippen LogP contribution is 2.26. The molecule has 0 heterocycles. The fourth-order valence-electron chi connectivity index (χ4n) is 1.39. The van der Waals surface area contributed by atoms with Gasteiger partial charge in [-0.25, -0.2) is 9.00 Å². The highest BCUT2D eigenvalue weighted by Gasteiger charge is 2.28. The van der Waals surface area contributed by atoms with Crippen molar-refractivity contribution in [2.45, 2.75) is 72.2 Å². The van der Waals surface area contributed by atoms with Crippen molar-refractivity contribution in [3.8, 4) is 6.07 Å². The van der Waals surface area contributed by atoms with Crippen molar-refractivity contribution in [3.05, 3.63) is 0 Å². The monoisotopic (exact) mass is 314 g/mol. The Morgan fingerprint density at radius 3 is 2.19 bits per heavy atom. The smallest absolute Gasteiger partial charge is 0.353 e. The third-order valence-corrected chi connectivity index (χ3v) is 3.93. The molecule has 0 saturated heterocycles. The second-order valence-corrected chi connectivity index (χ2v) is 8.94. The number of ether oxygens (including phenoxy) is 1. The summed E-state index contributed by atoms with van der Waals surface area (Å²) >= 11 is 0. The molecule has 0 aliphatic rings. The fourth-order valence-corrected chi connectivity index (χ4v) is 2.00. The molecule has 1 unspecified atom stereocenters. The van der Waals surface area contributed by atoms with Crippen LogP contribution in [0.15, 0.2) is 4.40 Å². The van der Waals surface area contributed by atoms with Gasteiger partial charge in [0.05, 0.1) is 16.9 Å². The summed E-state index contributed by atoms with van der Waals surface area (Å²) in [5.41, 5.74) is -0.289. The lowest BCUT2D eigenvalue weighted by atomic mass is 9.84. The van der Waals surface area contributed by atoms with Crippen molar-refractivity contribution in [2.75, 3.05) is 0 Å². The third-order valence-electron chi connectivity index (χ3n) is 2.50. The molecule has 0 amide bonds. The van der Waals surface area contributed by atoms with Gasteiger partial charge in [-0.2, -0.15) is 9.66 Å². The van der Waals surface area contributed by atoms with E-state index in [0.717, 1.165) is 0 Å². The van der Waals surface area contributed by atoms with Crippen molar-refractivity contribution >= 4 is 22.7 Å². The predicted octanol–water partition coefficient (Wildman–Crippen LogP) is 3.17. The summed E-state index contributed by atoms with van der Waals surface area (Å²) in [4.78, 5) is 12.1. The lowest BCUT2D eigenvalue weighted by molar-refractivity contribution is -0.139. The van der Waals surface area contributed by atoms with Crippen molar-refractivity contribution in [1.82, 2.24) is 0 Å². The molecule has 0 aromatic carbocycles. The average molecular weight is 314 g/mol. The van der Waals surface area contributed by atoms with E-state index in [9.17, 15) is 9.00 Å². The number of carbonyl (C=O) groups is 1. The number of esters is 1. The normalized spacial score (nSPS) is 14.7. The maximum absolute atomic E-state index is 12.2. The van der Waals surface area contributed by atoms with Crippen LogP contribution in [0.4, 0.5) is 0 Å². The largest absolute Gasteiger partial charge is 0.458 e. The number of nitriles is 1. The van der Waals surface area contributed by atoms with Gasteiger partial charge in [0, 0.05) is 12.8 Å². The summed E-state index contributed by atoms with van der Waals surface area (Å²) in [6.07, 6.45) is 0.265. The van der Waals surface area contributed by atoms with E-state index in [0.29, 0.717) is 0 Å². The van der Waals surface area contributed by atoms with Gasteiger partial charge in [0.1, 0.15) is 16.7 Å². The summed E-state index contributed by atoms with van der Waals surface area (Å²) in [5, 5.41) is 8.84. The molecule has 0 aromatic rings. The summed E-state index contributed by atoms with van der Waals surface area (Å²) in [5.74, 6) is -0.561. The first-order valence-corrected chi connectivity index (χ1v) is 8.07. The fraction of sp³-hybridized carbons (Fsp3) is 0.800. The van der Waals surface area contributed by atoms with Gasteiger partial charge in [-0.15, -0.1) is 0 Å². The first-order chi connectivity index (χ1) is 9.39. The molecule has 0 saturated carbocycles. The van der Waals surface area contributed by atoms with E-state index in [1.165, 1.54) is 0 Å². The standard InChI is InChI=1S/C15H26N2O3S/c1-11(2)20-13(18)12(10-15(6,7)8-9-16)17-21(19)14(3,4)5/h11H,8,10H2,1-7H3. The molecule has 21 heavy (non-hydrogen) atoms. The zero-order valence-electron chi connectivity index (χ0n) is 14.0. The molecular weight excluding hydrogens is 288 g/mol. The molecule has 0 bridgehead atoms. The molecular formula is C15H26N2O3S. The van der Waals surface area contributed by atoms with Gasteiger partial charge in [-0.3, -0.25) is 0 Å². The van der Waals surface area contributed by atoms with E-state index in [-0.39, 0.29) is 24.7 Å². The quantitative estimate of drug-likeness (QED) is 0.557. The molecule has 6 heteroatoms. The van der Waals surface area contributed by atoms with E-state index in [2.05, 4.69) is 10.5 Å². The minimum Gasteiger partial charge on any atom is -0.458 e. The highest BCUT2D eigenvalue weighted by molar-refractivity contribution is 7.85. The van der Waals surface area contributed by atoms with Gasteiger partial charge in [-0.05, 0) is 40.0 Å². The Balaban J connectivity index is 5.40. The van der Waals surface area contributed by atoms with E-state index in [1.54, 1.807) is 34.6 Å². The van der Waals surface area contributed by atoms with Crippen LogP contribution < -0.4 is 0 Å². The van der Waals surface area contributed by atoms with Gasteiger partial charge in [0.25, 0.3) is 0 Å². The van der Waals surface area contributed by atoms with E-state index >= 15 is 0 Å². The van der Waals surface area contributed by atoms with Crippen LogP contribution >= 0.6 is 0 Å². The van der Waals surface area contributed by atoms with Crippen LogP contribution in [0.5, 0.6) is 0 Å². The maximum atomic E-state index is 12.2. The van der Waals surface area contributed by atoms with Crippen LogP contribution in [-0.4, -0.2) is 26.7 Å². The Kier molecular flexibility index (Phi) is 7.25. The van der Waals surface area contributed by atoms with Gasteiger partial charge in [0.15, 0.2) is 0 Å². The zero-order valence-corrected chi connectivity index (χ0v) is 14.8. The molecule has 1 atom stereocenters. The molecule has 5 nitrogen and oxygen atoms in total. The van der Waals surface area contributed by atoms with Crippen LogP contribution in [0.3, 0.4) is 0 Å². The SMILES string of the molecule is CC(C)OC(=O)C(CC(C)(C)CC#N)=NS(=O)C(C)(C)C. The minimum atomic E-state index is -1.54. The molecule has 0 rings (SSSR count). The Morgan fingerprint density at radius 1 is 1.29 bits per heavy atom. The van der Waals surface area contributed by atoms with Gasteiger partial charge in [-0.1, -0.05) is 13.8 Å². The number of carbonyl (C=O) groups excluding carboxylic acids is 1. The molecule has 0 N–H and O–H groups in total. The second-order valence-electron chi connectivity index (χ2n) is 7.03. The first kappa shape index (κ1) is 19.8. The van der Waals surface area contributed by atoms with Crippen LogP contribution in [0.1, 0.15) is 61.3 Å². The van der Waals surface area contributed by atoms with Gasteiger partial charge < -0.3 is 4.74 Å². The topological polar surface area (TPSA) is 79.5 Å². The minimum absolute atomic E-state index is 0.136. The summed E-state index contributed by atoms with van der Waals surface area (Å²) < 4.78 is 20.8. The lowest BCUT2D eigenvalue weighted by Gasteiger charge is -2.22. The Labute approximate surface area is 130 Å². The summed E-state index contributed by atoms with van der Waals surface area (Å²) in [6.45, 7) is 12.6. The summed E-state index contributed by atoms with van der Waals surface area (Å²) in [7, 11) is -1.54. The van der Waals surface area contributed by atoms with E-state index < -0.39 is 27.1 Å². The van der Waals surface area contributed by atoms with Crippen LogP contribution in [0.2, 0.25) is 0 Å². The van der Waals surface area contributed by atoms with Gasteiger partial charge >= 0.3 is 5.97 Å². The molecule has 0 aromatic heterocycles. The van der Waals surface area contributed by atoms with E-state index in [1.807, 2.05) is 13.8 Å². The summed E-state index contributed by atoms with van der Waals surface area (Å²) in [6, 6.07) is 2.09. The number of nitrogens with zero attached hydrogens (tertiary/aromatic N) is 2. The molecule has 0 aliphatic carbocycles. The van der Waals surface area contributed by atoms with Crippen LogP contribution in [0, 0.1) is 16.7 Å². The Bertz CT molecular complexity index is 468. The van der Waals surface area contributed by atoms with Crippen molar-refractivity contribution in [3.63, 3.8) is 0 Å². The number of hydrogen-bond donors (Lipinski definition) is 0. The van der Waals surface area contributed by atoms with Crippen molar-refractivity contribution < 1.29 is 13.7 Å². The van der Waals surface area contributed by atoms with Gasteiger partial charge in [0.2, 0.25) is 0 Å². The van der Waals surface area contributed by atoms with E-state index in [4.69, 9.17) is 10.00 Å². The molecule has 120 valence electrons. The van der Waals surface area contributed by atoms with Crippen molar-refractivity contribution in [2.24, 2.45) is 9.81 Å². The number of hydrogen-bond acceptors (Lipinski definition) is 4. The molecule has 0 fully saturated rings. The zero-order chi connectivity index (χ0) is 16.8. The number of rotatable bonds is 6. The third kappa shape index (κ3) is 7.96. The molecule has 0 spiro atoms. The highest BCUT2D eigenvalue weighted by atomic mass is 32.2. The molecule has 0 aliphatic heterocycles. The van der Waals surface area contributed by atoms with Crippen molar-refractivity contribution in [1.29, 1.82) is 5.26 Å². The molecule has 0 radical (unpaired) electrons. The first-order valence-electron chi connectivity index (χ1n) is 6.96. The average Bonchev–Trinajstić information content (AvgIpc) is 2.25. The second kappa shape index (κ2) is 7.69. The Hall–Kier alpha value is -1.22. The lowest BCUT2D eigenvalue weighted by Crippen LogP contribution is -2.29. The van der Waals surface area contributed by atoms with Crippen LogP contribution in [0.25, 0.3) is 0 Å².